The second-order valence-corrected chi connectivity index (χ2v) is 9.31. The minimum atomic E-state index is -4.76. The third-order valence-electron chi connectivity index (χ3n) is 6.06. The van der Waals surface area contributed by atoms with Crippen LogP contribution in [-0.4, -0.2) is 59.5 Å². The van der Waals surface area contributed by atoms with Gasteiger partial charge in [0.1, 0.15) is 36.1 Å². The van der Waals surface area contributed by atoms with Crippen LogP contribution in [0.15, 0.2) is 48.9 Å². The standard InChI is InChI=1S/C21H19N4O7P/c26-17-15(8-31-33(28,29)30)32-21(18(17)27)25-7-13-12-5-10-3-1-2-4-11(10)6-14(12)24-19-16(13)20(25)23-9-22-19/h1-7,9,15,17-18,21,26-27H,8H2,(H,22,23,24)(H2,28,29,30)/t15-,17+,18+,21-/m1/s1. The number of aromatic nitrogens is 3. The summed E-state index contributed by atoms with van der Waals surface area (Å²) in [7, 11) is -4.76. The highest BCUT2D eigenvalue weighted by Gasteiger charge is 2.45. The van der Waals surface area contributed by atoms with Crippen LogP contribution in [-0.2, 0) is 13.8 Å². The number of phosphoric ester groups is 1. The van der Waals surface area contributed by atoms with Gasteiger partial charge in [-0.1, -0.05) is 24.3 Å². The Labute approximate surface area is 186 Å². The fourth-order valence-corrected chi connectivity index (χ4v) is 4.88. The Hall–Kier alpha value is -2.89. The van der Waals surface area contributed by atoms with E-state index in [0.717, 1.165) is 33.0 Å². The Morgan fingerprint density at radius 3 is 2.61 bits per heavy atom. The van der Waals surface area contributed by atoms with Gasteiger partial charge in [-0.15, -0.1) is 0 Å². The zero-order valence-corrected chi connectivity index (χ0v) is 17.8. The monoisotopic (exact) mass is 470 g/mol. The molecule has 2 aromatic carbocycles. The summed E-state index contributed by atoms with van der Waals surface area (Å²) < 4.78 is 22.9. The fraction of sp³-hybridized carbons (Fsp3) is 0.238. The Bertz CT molecular complexity index is 1450. The highest BCUT2D eigenvalue weighted by Crippen LogP contribution is 2.46. The fourth-order valence-electron chi connectivity index (χ4n) is 4.54. The van der Waals surface area contributed by atoms with Gasteiger partial charge in [0.15, 0.2) is 6.23 Å². The van der Waals surface area contributed by atoms with Crippen molar-refractivity contribution < 1.29 is 33.8 Å². The van der Waals surface area contributed by atoms with Crippen molar-refractivity contribution in [2.75, 3.05) is 11.9 Å². The van der Waals surface area contributed by atoms with Crippen LogP contribution in [0.3, 0.4) is 0 Å². The van der Waals surface area contributed by atoms with Crippen molar-refractivity contribution in [3.8, 4) is 11.1 Å². The van der Waals surface area contributed by atoms with Crippen molar-refractivity contribution >= 4 is 41.1 Å². The third-order valence-corrected chi connectivity index (χ3v) is 6.54. The summed E-state index contributed by atoms with van der Waals surface area (Å²) in [5.74, 6) is 0.603. The first-order chi connectivity index (χ1) is 15.8. The van der Waals surface area contributed by atoms with E-state index in [9.17, 15) is 14.8 Å². The summed E-state index contributed by atoms with van der Waals surface area (Å²) in [6.45, 7) is -0.582. The van der Waals surface area contributed by atoms with E-state index in [2.05, 4.69) is 25.9 Å². The number of rotatable bonds is 4. The quantitative estimate of drug-likeness (QED) is 0.246. The molecule has 4 atom stereocenters. The number of phosphoric acid groups is 1. The summed E-state index contributed by atoms with van der Waals surface area (Å²) in [6.07, 6.45) is -1.80. The second kappa shape index (κ2) is 7.31. The van der Waals surface area contributed by atoms with Crippen LogP contribution >= 0.6 is 7.82 Å². The molecular weight excluding hydrogens is 451 g/mol. The molecule has 4 aromatic rings. The number of aliphatic hydroxyl groups is 2. The van der Waals surface area contributed by atoms with Crippen molar-refractivity contribution in [2.24, 2.45) is 0 Å². The van der Waals surface area contributed by atoms with Gasteiger partial charge in [-0.3, -0.25) is 4.52 Å². The van der Waals surface area contributed by atoms with Crippen molar-refractivity contribution in [1.82, 2.24) is 14.5 Å². The maximum Gasteiger partial charge on any atom is 0.469 e. The van der Waals surface area contributed by atoms with Crippen LogP contribution in [0.5, 0.6) is 0 Å². The largest absolute Gasteiger partial charge is 0.469 e. The van der Waals surface area contributed by atoms with Gasteiger partial charge in [-0.2, -0.15) is 0 Å². The summed E-state index contributed by atoms with van der Waals surface area (Å²) >= 11 is 0. The molecule has 2 aromatic heterocycles. The van der Waals surface area contributed by atoms with Crippen molar-refractivity contribution in [2.45, 2.75) is 24.5 Å². The number of anilines is 2. The molecule has 1 fully saturated rings. The first-order valence-corrected chi connectivity index (χ1v) is 11.7. The van der Waals surface area contributed by atoms with Crippen LogP contribution in [0, 0.1) is 0 Å². The Balaban J connectivity index is 1.45. The van der Waals surface area contributed by atoms with E-state index in [1.807, 2.05) is 30.3 Å². The molecule has 33 heavy (non-hydrogen) atoms. The van der Waals surface area contributed by atoms with E-state index >= 15 is 0 Å². The summed E-state index contributed by atoms with van der Waals surface area (Å²) in [4.78, 5) is 26.7. The van der Waals surface area contributed by atoms with Crippen LogP contribution in [0.1, 0.15) is 6.23 Å². The first-order valence-electron chi connectivity index (χ1n) is 10.2. The molecule has 5 N–H and O–H groups in total. The van der Waals surface area contributed by atoms with Crippen molar-refractivity contribution in [3.05, 3.63) is 48.9 Å². The SMILES string of the molecule is O=P(O)(O)OC[C@H]1O[C@@H](n2cc3c4c(ncnc42)Nc2cc4ccccc4cc2-3)[C@@H](O)[C@H]1O. The number of aliphatic hydroxyl groups excluding tert-OH is 2. The van der Waals surface area contributed by atoms with Gasteiger partial charge < -0.3 is 34.6 Å². The molecule has 12 heteroatoms. The van der Waals surface area contributed by atoms with Crippen LogP contribution in [0.2, 0.25) is 0 Å². The lowest BCUT2D eigenvalue weighted by atomic mass is 9.97. The highest BCUT2D eigenvalue weighted by molar-refractivity contribution is 7.46. The number of nitrogens with zero attached hydrogens (tertiary/aromatic N) is 3. The Kier molecular flexibility index (Phi) is 4.58. The summed E-state index contributed by atoms with van der Waals surface area (Å²) in [6, 6.07) is 12.1. The lowest BCUT2D eigenvalue weighted by molar-refractivity contribution is -0.0501. The molecule has 1 saturated heterocycles. The van der Waals surface area contributed by atoms with E-state index in [1.165, 1.54) is 6.33 Å². The molecule has 6 rings (SSSR count). The molecule has 0 radical (unpaired) electrons. The topological polar surface area (TPSA) is 159 Å². The molecule has 2 aliphatic rings. The average molecular weight is 470 g/mol. The van der Waals surface area contributed by atoms with Crippen molar-refractivity contribution in [3.63, 3.8) is 0 Å². The number of benzene rings is 2. The lowest BCUT2D eigenvalue weighted by Gasteiger charge is -2.18. The zero-order chi connectivity index (χ0) is 22.9. The first kappa shape index (κ1) is 20.7. The molecule has 0 spiro atoms. The van der Waals surface area contributed by atoms with E-state index < -0.39 is 39.0 Å². The predicted octanol–water partition coefficient (Wildman–Crippen LogP) is 2.04. The molecule has 0 saturated carbocycles. The Morgan fingerprint density at radius 2 is 1.85 bits per heavy atom. The molecule has 0 unspecified atom stereocenters. The van der Waals surface area contributed by atoms with Gasteiger partial charge in [-0.25, -0.2) is 14.5 Å². The number of nitrogens with one attached hydrogen (secondary N) is 1. The van der Waals surface area contributed by atoms with Crippen LogP contribution in [0.4, 0.5) is 11.5 Å². The zero-order valence-electron chi connectivity index (χ0n) is 16.9. The van der Waals surface area contributed by atoms with Gasteiger partial charge in [0.05, 0.1) is 12.0 Å². The summed E-state index contributed by atoms with van der Waals surface area (Å²) in [5, 5.41) is 27.3. The molecule has 0 amide bonds. The molecule has 2 aliphatic heterocycles. The van der Waals surface area contributed by atoms with Gasteiger partial charge in [0.2, 0.25) is 0 Å². The van der Waals surface area contributed by atoms with Crippen LogP contribution in [0.25, 0.3) is 32.9 Å². The molecule has 0 bridgehead atoms. The smallest absolute Gasteiger partial charge is 0.387 e. The molecule has 11 nitrogen and oxygen atoms in total. The second-order valence-electron chi connectivity index (χ2n) is 8.07. The van der Waals surface area contributed by atoms with Gasteiger partial charge in [-0.05, 0) is 22.9 Å². The van der Waals surface area contributed by atoms with Gasteiger partial charge in [0, 0.05) is 23.0 Å². The Morgan fingerprint density at radius 1 is 1.09 bits per heavy atom. The lowest BCUT2D eigenvalue weighted by Crippen LogP contribution is -2.33. The normalized spacial score (nSPS) is 24.2. The number of ether oxygens (including phenoxy) is 1. The molecular formula is C21H19N4O7P. The van der Waals surface area contributed by atoms with E-state index in [1.54, 1.807) is 10.8 Å². The van der Waals surface area contributed by atoms with Gasteiger partial charge in [0.25, 0.3) is 0 Å². The third kappa shape index (κ3) is 3.33. The average Bonchev–Trinajstić information content (AvgIpc) is 3.30. The maximum absolute atomic E-state index is 11.0. The maximum atomic E-state index is 11.0. The van der Waals surface area contributed by atoms with E-state index in [4.69, 9.17) is 14.5 Å². The van der Waals surface area contributed by atoms with E-state index in [-0.39, 0.29) is 0 Å². The van der Waals surface area contributed by atoms with E-state index in [0.29, 0.717) is 11.5 Å². The minimum Gasteiger partial charge on any atom is -0.387 e. The van der Waals surface area contributed by atoms with Crippen molar-refractivity contribution in [1.29, 1.82) is 0 Å². The number of hydrogen-bond acceptors (Lipinski definition) is 8. The molecule has 170 valence electrons. The molecule has 0 aliphatic carbocycles. The van der Waals surface area contributed by atoms with Crippen LogP contribution < -0.4 is 5.32 Å². The predicted molar refractivity (Wildman–Crippen MR) is 118 cm³/mol. The summed E-state index contributed by atoms with van der Waals surface area (Å²) in [5.41, 5.74) is 3.11. The highest BCUT2D eigenvalue weighted by atomic mass is 31.2. The minimum absolute atomic E-state index is 0.481. The number of fused-ring (bicyclic) bond motifs is 3. The molecule has 4 heterocycles. The number of hydrogen-bond donors (Lipinski definition) is 5. The van der Waals surface area contributed by atoms with Gasteiger partial charge >= 0.3 is 7.82 Å².